The van der Waals surface area contributed by atoms with E-state index >= 15 is 0 Å². The number of benzene rings is 1. The van der Waals surface area contributed by atoms with Gasteiger partial charge >= 0.3 is 0 Å². The van der Waals surface area contributed by atoms with Gasteiger partial charge in [0.2, 0.25) is 18.1 Å². The number of pyridine rings is 1. The summed E-state index contributed by atoms with van der Waals surface area (Å²) in [7, 11) is 1.53. The molecular weight excluding hydrogens is 465 g/mol. The molecule has 5 rings (SSSR count). The topological polar surface area (TPSA) is 128 Å². The number of rotatable bonds is 7. The van der Waals surface area contributed by atoms with Gasteiger partial charge in [-0.1, -0.05) is 17.3 Å². The Morgan fingerprint density at radius 2 is 2.08 bits per heavy atom. The Balaban J connectivity index is 1.56. The molecule has 0 spiro atoms. The number of anilines is 1. The summed E-state index contributed by atoms with van der Waals surface area (Å²) >= 11 is 0. The van der Waals surface area contributed by atoms with Gasteiger partial charge < -0.3 is 20.6 Å². The van der Waals surface area contributed by atoms with Crippen LogP contribution in [0.3, 0.4) is 0 Å². The highest BCUT2D eigenvalue weighted by molar-refractivity contribution is 6.01. The van der Waals surface area contributed by atoms with Crippen LogP contribution in [0.15, 0.2) is 41.6 Å². The molecule has 3 aromatic rings. The van der Waals surface area contributed by atoms with Gasteiger partial charge in [-0.2, -0.15) is 0 Å². The Morgan fingerprint density at radius 3 is 2.81 bits per heavy atom. The predicted molar refractivity (Wildman–Crippen MR) is 131 cm³/mol. The van der Waals surface area contributed by atoms with Crippen LogP contribution in [0, 0.1) is 12.7 Å². The fraction of sp³-hybridized carbons (Fsp3) is 0.320. The number of hydrogen-bond donors (Lipinski definition) is 2. The predicted octanol–water partition coefficient (Wildman–Crippen LogP) is 2.37. The minimum Gasteiger partial charge on any atom is -0.481 e. The van der Waals surface area contributed by atoms with Crippen LogP contribution in [0.2, 0.25) is 0 Å². The number of halogens is 1. The number of aromatic nitrogens is 3. The molecule has 0 aliphatic carbocycles. The van der Waals surface area contributed by atoms with Crippen molar-refractivity contribution in [1.82, 2.24) is 25.2 Å². The normalized spacial score (nSPS) is 19.1. The maximum atomic E-state index is 14.4. The molecule has 0 bridgehead atoms. The van der Waals surface area contributed by atoms with Crippen molar-refractivity contribution >= 4 is 18.1 Å². The van der Waals surface area contributed by atoms with E-state index in [1.54, 1.807) is 24.3 Å². The van der Waals surface area contributed by atoms with E-state index in [4.69, 9.17) is 15.3 Å². The van der Waals surface area contributed by atoms with Gasteiger partial charge in [-0.05, 0) is 37.1 Å². The van der Waals surface area contributed by atoms with Crippen LogP contribution in [0.4, 0.5) is 10.3 Å². The molecule has 1 saturated heterocycles. The fourth-order valence-electron chi connectivity index (χ4n) is 4.46. The molecule has 36 heavy (non-hydrogen) atoms. The van der Waals surface area contributed by atoms with Crippen molar-refractivity contribution < 1.29 is 18.8 Å². The van der Waals surface area contributed by atoms with Crippen LogP contribution >= 0.6 is 0 Å². The van der Waals surface area contributed by atoms with E-state index in [-0.39, 0.29) is 12.0 Å². The van der Waals surface area contributed by atoms with Crippen molar-refractivity contribution in [1.29, 1.82) is 0 Å². The van der Waals surface area contributed by atoms with E-state index in [2.05, 4.69) is 25.4 Å². The molecular formula is C25H26FN7O3. The first kappa shape index (κ1) is 23.6. The summed E-state index contributed by atoms with van der Waals surface area (Å²) in [5.74, 6) is 0.548. The highest BCUT2D eigenvalue weighted by atomic mass is 19.1. The number of nitrogen functional groups attached to an aromatic ring is 1. The molecule has 10 nitrogen and oxygen atoms in total. The van der Waals surface area contributed by atoms with Gasteiger partial charge in [0.25, 0.3) is 0 Å². The minimum absolute atomic E-state index is 0.146. The molecule has 0 radical (unpaired) electrons. The zero-order valence-electron chi connectivity index (χ0n) is 19.9. The van der Waals surface area contributed by atoms with E-state index < -0.39 is 12.0 Å². The second kappa shape index (κ2) is 9.86. The number of likely N-dealkylation sites (tertiary alicyclic amines) is 1. The Labute approximate surface area is 207 Å². The number of nitrogens with zero attached hydrogens (tertiary/aromatic N) is 5. The molecule has 3 N–H and O–H groups in total. The SMILES string of the molecule is COc1cccc(-c2cc(F)ccc2C2Cc3nc(N)nc(C)c3/C(=N/O[C@H](C=O)N3CCC3)N2)n1. The molecule has 186 valence electrons. The largest absolute Gasteiger partial charge is 0.481 e. The van der Waals surface area contributed by atoms with E-state index in [1.165, 1.54) is 19.2 Å². The Hall–Kier alpha value is -4.12. The Kier molecular flexibility index (Phi) is 6.47. The number of methoxy groups -OCH3 is 1. The van der Waals surface area contributed by atoms with Crippen LogP contribution in [0.5, 0.6) is 5.88 Å². The van der Waals surface area contributed by atoms with Gasteiger partial charge in [0.1, 0.15) is 5.82 Å². The van der Waals surface area contributed by atoms with Gasteiger partial charge in [0.15, 0.2) is 12.1 Å². The highest BCUT2D eigenvalue weighted by Crippen LogP contribution is 2.34. The molecule has 0 saturated carbocycles. The monoisotopic (exact) mass is 491 g/mol. The molecule has 2 aromatic heterocycles. The van der Waals surface area contributed by atoms with Crippen molar-refractivity contribution in [2.75, 3.05) is 25.9 Å². The number of nitrogens with one attached hydrogen (secondary N) is 1. The van der Waals surface area contributed by atoms with Crippen LogP contribution in [0.25, 0.3) is 11.3 Å². The molecule has 2 aliphatic heterocycles. The molecule has 2 atom stereocenters. The molecule has 0 amide bonds. The van der Waals surface area contributed by atoms with E-state index in [9.17, 15) is 9.18 Å². The van der Waals surface area contributed by atoms with Gasteiger partial charge in [-0.3, -0.25) is 9.69 Å². The van der Waals surface area contributed by atoms with Crippen LogP contribution in [0.1, 0.15) is 35.0 Å². The second-order valence-electron chi connectivity index (χ2n) is 8.65. The summed E-state index contributed by atoms with van der Waals surface area (Å²) in [4.78, 5) is 32.3. The van der Waals surface area contributed by atoms with Crippen molar-refractivity contribution in [3.63, 3.8) is 0 Å². The minimum atomic E-state index is -0.783. The lowest BCUT2D eigenvalue weighted by Crippen LogP contribution is -2.47. The van der Waals surface area contributed by atoms with Gasteiger partial charge in [-0.15, -0.1) is 0 Å². The summed E-state index contributed by atoms with van der Waals surface area (Å²) in [5.41, 5.74) is 9.86. The van der Waals surface area contributed by atoms with Crippen molar-refractivity contribution in [2.45, 2.75) is 32.0 Å². The van der Waals surface area contributed by atoms with Gasteiger partial charge in [-0.25, -0.2) is 19.3 Å². The zero-order valence-corrected chi connectivity index (χ0v) is 19.9. The molecule has 4 heterocycles. The third-order valence-electron chi connectivity index (χ3n) is 6.35. The lowest BCUT2D eigenvalue weighted by molar-refractivity contribution is -0.136. The van der Waals surface area contributed by atoms with Crippen LogP contribution in [-0.4, -0.2) is 58.4 Å². The highest BCUT2D eigenvalue weighted by Gasteiger charge is 2.31. The van der Waals surface area contributed by atoms with Crippen molar-refractivity contribution in [3.8, 4) is 17.1 Å². The average Bonchev–Trinajstić information content (AvgIpc) is 2.84. The number of aldehydes is 1. The number of amidine groups is 1. The maximum Gasteiger partial charge on any atom is 0.237 e. The number of fused-ring (bicyclic) bond motifs is 1. The summed E-state index contributed by atoms with van der Waals surface area (Å²) in [6.45, 7) is 3.35. The zero-order chi connectivity index (χ0) is 25.2. The Morgan fingerprint density at radius 1 is 1.25 bits per heavy atom. The number of hydrogen-bond acceptors (Lipinski definition) is 9. The number of nitrogens with two attached hydrogens (primary N) is 1. The first-order valence-electron chi connectivity index (χ1n) is 11.6. The smallest absolute Gasteiger partial charge is 0.237 e. The number of carbonyl (C=O) groups excluding carboxylic acids is 1. The lowest BCUT2D eigenvalue weighted by atomic mass is 9.90. The third kappa shape index (κ3) is 4.57. The van der Waals surface area contributed by atoms with Crippen LogP contribution in [-0.2, 0) is 16.1 Å². The summed E-state index contributed by atoms with van der Waals surface area (Å²) in [6.07, 6.45) is 1.39. The summed E-state index contributed by atoms with van der Waals surface area (Å²) in [5, 5.41) is 7.70. The lowest BCUT2D eigenvalue weighted by Gasteiger charge is -2.34. The van der Waals surface area contributed by atoms with Gasteiger partial charge in [0.05, 0.1) is 35.8 Å². The first-order chi connectivity index (χ1) is 17.5. The quantitative estimate of drug-likeness (QED) is 0.378. The number of ether oxygens (including phenoxy) is 1. The van der Waals surface area contributed by atoms with E-state index in [1.807, 2.05) is 11.8 Å². The number of oxime groups is 1. The van der Waals surface area contributed by atoms with Crippen molar-refractivity contribution in [3.05, 3.63) is 64.7 Å². The van der Waals surface area contributed by atoms with E-state index in [0.29, 0.717) is 46.3 Å². The number of aryl methyl sites for hydroxylation is 1. The summed E-state index contributed by atoms with van der Waals surface area (Å²) in [6, 6.07) is 9.50. The number of carbonyl (C=O) groups is 1. The molecule has 2 aliphatic rings. The average molecular weight is 492 g/mol. The molecule has 1 fully saturated rings. The maximum absolute atomic E-state index is 14.4. The van der Waals surface area contributed by atoms with Crippen molar-refractivity contribution in [2.24, 2.45) is 5.16 Å². The second-order valence-corrected chi connectivity index (χ2v) is 8.65. The first-order valence-corrected chi connectivity index (χ1v) is 11.6. The Bertz CT molecular complexity index is 1330. The summed E-state index contributed by atoms with van der Waals surface area (Å²) < 4.78 is 19.6. The molecule has 11 heteroatoms. The molecule has 1 aromatic carbocycles. The molecule has 1 unspecified atom stereocenters. The van der Waals surface area contributed by atoms with Crippen LogP contribution < -0.4 is 15.8 Å². The third-order valence-corrected chi connectivity index (χ3v) is 6.35. The standard InChI is InChI=1S/C25H26FN7O3/c1-14-23-20(31-25(27)28-14)12-19(30-24(23)32-36-22(13-34)33-9-4-10-33)16-8-7-15(26)11-17(16)18-5-3-6-21(29-18)35-2/h3,5-8,11,13,19,22H,4,9-10,12H2,1-2H3,(H,30,32)(H2,27,28,31)/t19?,22-/m1/s1. The van der Waals surface area contributed by atoms with E-state index in [0.717, 1.165) is 31.4 Å². The fourth-order valence-corrected chi connectivity index (χ4v) is 4.46. The van der Waals surface area contributed by atoms with Gasteiger partial charge in [0, 0.05) is 31.1 Å².